The lowest BCUT2D eigenvalue weighted by Gasteiger charge is -1.96. The fourth-order valence-electron chi connectivity index (χ4n) is 1.09. The summed E-state index contributed by atoms with van der Waals surface area (Å²) in [4.78, 5) is 30.8. The van der Waals surface area contributed by atoms with Crippen molar-refractivity contribution in [3.63, 3.8) is 0 Å². The number of carbonyl (C=O) groups excluding carboxylic acids is 2. The van der Waals surface area contributed by atoms with Gasteiger partial charge in [0.05, 0.1) is 10.6 Å². The highest BCUT2D eigenvalue weighted by molar-refractivity contribution is 8.18. The van der Waals surface area contributed by atoms with E-state index in [9.17, 15) is 9.59 Å². The summed E-state index contributed by atoms with van der Waals surface area (Å²) in [5.41, 5.74) is 0.617. The Labute approximate surface area is 100 Å². The molecule has 2 rings (SSSR count). The molecule has 16 heavy (non-hydrogen) atoms. The van der Waals surface area contributed by atoms with E-state index in [4.69, 9.17) is 0 Å². The summed E-state index contributed by atoms with van der Waals surface area (Å²) in [5, 5.41) is 2.46. The van der Waals surface area contributed by atoms with Crippen LogP contribution in [0.4, 0.5) is 4.79 Å². The van der Waals surface area contributed by atoms with Gasteiger partial charge in [-0.15, -0.1) is 0 Å². The van der Waals surface area contributed by atoms with E-state index >= 15 is 0 Å². The molecule has 7 heteroatoms. The summed E-state index contributed by atoms with van der Waals surface area (Å²) in [6, 6.07) is 1.68. The van der Waals surface area contributed by atoms with Crippen LogP contribution >= 0.6 is 23.5 Å². The minimum Gasteiger partial charge on any atom is -0.282 e. The Morgan fingerprint density at radius 2 is 2.31 bits per heavy atom. The highest BCUT2D eigenvalue weighted by atomic mass is 32.2. The van der Waals surface area contributed by atoms with Crippen molar-refractivity contribution < 1.29 is 9.59 Å². The molecular formula is C9H7N3O2S2. The molecule has 0 atom stereocenters. The quantitative estimate of drug-likeness (QED) is 0.489. The summed E-state index contributed by atoms with van der Waals surface area (Å²) in [5.74, 6) is -0.376. The molecule has 1 aliphatic heterocycles. The van der Waals surface area contributed by atoms with Crippen molar-refractivity contribution in [2.24, 2.45) is 0 Å². The largest absolute Gasteiger partial charge is 0.290 e. The Morgan fingerprint density at radius 3 is 2.94 bits per heavy atom. The van der Waals surface area contributed by atoms with Crippen LogP contribution in [0.5, 0.6) is 0 Å². The maximum Gasteiger partial charge on any atom is 0.290 e. The third-order valence-electron chi connectivity index (χ3n) is 1.76. The molecule has 2 heterocycles. The van der Waals surface area contributed by atoms with Crippen LogP contribution in [-0.2, 0) is 4.79 Å². The van der Waals surface area contributed by atoms with Gasteiger partial charge in [0, 0.05) is 6.20 Å². The summed E-state index contributed by atoms with van der Waals surface area (Å²) in [7, 11) is 0. The van der Waals surface area contributed by atoms with E-state index < -0.39 is 0 Å². The Bertz CT molecular complexity index is 487. The van der Waals surface area contributed by atoms with Gasteiger partial charge in [0.2, 0.25) is 0 Å². The third kappa shape index (κ3) is 2.42. The van der Waals surface area contributed by atoms with Gasteiger partial charge in [-0.3, -0.25) is 14.9 Å². The van der Waals surface area contributed by atoms with E-state index in [1.165, 1.54) is 11.8 Å². The van der Waals surface area contributed by atoms with E-state index in [0.717, 1.165) is 11.8 Å². The average Bonchev–Trinajstić information content (AvgIpc) is 2.58. The molecule has 0 saturated carbocycles. The smallest absolute Gasteiger partial charge is 0.282 e. The number of nitrogens with one attached hydrogen (secondary N) is 1. The zero-order valence-corrected chi connectivity index (χ0v) is 9.89. The number of imide groups is 1. The standard InChI is InChI=1S/C9H7N3O2S2/c1-15-8-10-3-2-5(11-8)4-6-7(13)12-9(14)16-6/h2-4H,1H3,(H,12,13,14)/b6-4-. The van der Waals surface area contributed by atoms with Crippen LogP contribution < -0.4 is 5.32 Å². The molecule has 5 nitrogen and oxygen atoms in total. The second-order valence-corrected chi connectivity index (χ2v) is 4.61. The molecule has 0 unspecified atom stereocenters. The number of aromatic nitrogens is 2. The molecular weight excluding hydrogens is 246 g/mol. The first-order valence-corrected chi connectivity index (χ1v) is 6.35. The van der Waals surface area contributed by atoms with Crippen LogP contribution in [0.15, 0.2) is 22.3 Å². The van der Waals surface area contributed by atoms with Crippen LogP contribution in [0.3, 0.4) is 0 Å². The van der Waals surface area contributed by atoms with Crippen molar-refractivity contribution in [3.05, 3.63) is 22.9 Å². The van der Waals surface area contributed by atoms with Gasteiger partial charge >= 0.3 is 0 Å². The second-order valence-electron chi connectivity index (χ2n) is 2.82. The Balaban J connectivity index is 2.28. The van der Waals surface area contributed by atoms with E-state index in [-0.39, 0.29) is 11.1 Å². The molecule has 0 aliphatic carbocycles. The minimum absolute atomic E-state index is 0.351. The van der Waals surface area contributed by atoms with Crippen molar-refractivity contribution in [1.29, 1.82) is 0 Å². The first-order chi connectivity index (χ1) is 7.69. The van der Waals surface area contributed by atoms with E-state index in [1.807, 2.05) is 6.26 Å². The lowest BCUT2D eigenvalue weighted by molar-refractivity contribution is -0.115. The highest BCUT2D eigenvalue weighted by Crippen LogP contribution is 2.25. The normalized spacial score (nSPS) is 17.9. The lowest BCUT2D eigenvalue weighted by Crippen LogP contribution is -2.17. The molecule has 0 bridgehead atoms. The first-order valence-electron chi connectivity index (χ1n) is 4.31. The fraction of sp³-hybridized carbons (Fsp3) is 0.111. The van der Waals surface area contributed by atoms with Crippen LogP contribution in [0, 0.1) is 0 Å². The van der Waals surface area contributed by atoms with Crippen molar-refractivity contribution in [2.45, 2.75) is 5.16 Å². The van der Waals surface area contributed by atoms with Crippen molar-refractivity contribution in [1.82, 2.24) is 15.3 Å². The Hall–Kier alpha value is -1.34. The van der Waals surface area contributed by atoms with Crippen LogP contribution in [0.25, 0.3) is 6.08 Å². The molecule has 2 amide bonds. The number of amides is 2. The SMILES string of the molecule is CSc1nccc(/C=C2\SC(=O)NC2=O)n1. The predicted molar refractivity (Wildman–Crippen MR) is 62.9 cm³/mol. The van der Waals surface area contributed by atoms with Gasteiger partial charge in [0.1, 0.15) is 0 Å². The third-order valence-corrected chi connectivity index (χ3v) is 3.13. The zero-order chi connectivity index (χ0) is 11.5. The molecule has 1 fully saturated rings. The predicted octanol–water partition coefficient (Wildman–Crippen LogP) is 1.52. The van der Waals surface area contributed by atoms with Crippen molar-refractivity contribution in [3.8, 4) is 0 Å². The van der Waals surface area contributed by atoms with E-state index in [0.29, 0.717) is 15.8 Å². The van der Waals surface area contributed by atoms with Crippen LogP contribution in [0.2, 0.25) is 0 Å². The van der Waals surface area contributed by atoms with Crippen LogP contribution in [-0.4, -0.2) is 27.4 Å². The first kappa shape index (κ1) is 11.2. The van der Waals surface area contributed by atoms with Gasteiger partial charge in [-0.05, 0) is 30.2 Å². The van der Waals surface area contributed by atoms with Crippen molar-refractivity contribution >= 4 is 40.7 Å². The molecule has 0 aromatic carbocycles. The Morgan fingerprint density at radius 1 is 1.50 bits per heavy atom. The van der Waals surface area contributed by atoms with E-state index in [2.05, 4.69) is 15.3 Å². The van der Waals surface area contributed by atoms with Gasteiger partial charge in [-0.1, -0.05) is 11.8 Å². The van der Waals surface area contributed by atoms with E-state index in [1.54, 1.807) is 18.3 Å². The molecule has 0 spiro atoms. The molecule has 1 saturated heterocycles. The number of nitrogens with zero attached hydrogens (tertiary/aromatic N) is 2. The molecule has 1 aromatic rings. The van der Waals surface area contributed by atoms with Gasteiger partial charge in [0.15, 0.2) is 5.16 Å². The zero-order valence-electron chi connectivity index (χ0n) is 8.26. The van der Waals surface area contributed by atoms with Gasteiger partial charge in [-0.25, -0.2) is 9.97 Å². The minimum atomic E-state index is -0.376. The highest BCUT2D eigenvalue weighted by Gasteiger charge is 2.25. The summed E-state index contributed by atoms with van der Waals surface area (Å²) < 4.78 is 0. The van der Waals surface area contributed by atoms with Gasteiger partial charge in [0.25, 0.3) is 11.1 Å². The molecule has 0 radical (unpaired) electrons. The average molecular weight is 253 g/mol. The second kappa shape index (κ2) is 4.67. The summed E-state index contributed by atoms with van der Waals surface area (Å²) >= 11 is 2.29. The maximum absolute atomic E-state index is 11.3. The fourth-order valence-corrected chi connectivity index (χ4v) is 2.12. The van der Waals surface area contributed by atoms with Crippen LogP contribution in [0.1, 0.15) is 5.69 Å². The molecule has 82 valence electrons. The number of hydrogen-bond acceptors (Lipinski definition) is 6. The topological polar surface area (TPSA) is 72.0 Å². The molecule has 1 aromatic heterocycles. The monoisotopic (exact) mass is 253 g/mol. The number of rotatable bonds is 2. The van der Waals surface area contributed by atoms with Gasteiger partial charge < -0.3 is 0 Å². The summed E-state index contributed by atoms with van der Waals surface area (Å²) in [6.07, 6.45) is 5.06. The number of hydrogen-bond donors (Lipinski definition) is 1. The Kier molecular flexibility index (Phi) is 3.25. The number of thioether (sulfide) groups is 2. The molecule has 1 aliphatic rings. The maximum atomic E-state index is 11.3. The van der Waals surface area contributed by atoms with Crippen molar-refractivity contribution in [2.75, 3.05) is 6.26 Å². The number of carbonyl (C=O) groups is 2. The lowest BCUT2D eigenvalue weighted by atomic mass is 10.3. The molecule has 1 N–H and O–H groups in total. The summed E-state index contributed by atoms with van der Waals surface area (Å²) in [6.45, 7) is 0. The van der Waals surface area contributed by atoms with Gasteiger partial charge in [-0.2, -0.15) is 0 Å².